The number of Topliss-reactive ketones (excluding diaryl/α,β-unsaturated/α-hetero) is 2. The van der Waals surface area contributed by atoms with Crippen molar-refractivity contribution in [1.82, 2.24) is 21.3 Å². The minimum Gasteiger partial charge on any atom is -0.496 e. The predicted octanol–water partition coefficient (Wildman–Crippen LogP) is 11.4. The Labute approximate surface area is 535 Å². The number of hydrogen-bond acceptors (Lipinski definition) is 14. The molecule has 0 fully saturated rings. The van der Waals surface area contributed by atoms with Gasteiger partial charge < -0.3 is 60.2 Å². The lowest BCUT2D eigenvalue weighted by Gasteiger charge is -2.42. The Morgan fingerprint density at radius 2 is 1.36 bits per heavy atom. The van der Waals surface area contributed by atoms with Crippen molar-refractivity contribution < 1.29 is 71.6 Å². The highest BCUT2D eigenvalue weighted by atomic mass is 35.5. The topological polar surface area (TPSA) is 286 Å². The number of carboxylic acid groups (broad SMARTS) is 1. The molecule has 5 aliphatic heterocycles. The third-order valence-corrected chi connectivity index (χ3v) is 22.5. The quantitative estimate of drug-likeness (QED) is 0.0598. The molecule has 480 valence electrons. The van der Waals surface area contributed by atoms with Crippen LogP contribution in [0.3, 0.4) is 0 Å². The van der Waals surface area contributed by atoms with Crippen LogP contribution in [0.1, 0.15) is 144 Å². The zero-order valence-electron chi connectivity index (χ0n) is 52.8. The Morgan fingerprint density at radius 3 is 1.91 bits per heavy atom. The number of aryl methyl sites for hydroxylation is 1. The Balaban J connectivity index is 1.41. The van der Waals surface area contributed by atoms with E-state index in [1.165, 1.54) is 45.6 Å². The van der Waals surface area contributed by atoms with Gasteiger partial charge in [0.05, 0.1) is 49.3 Å². The molecule has 11 bridgehead atoms. The first-order valence-corrected chi connectivity index (χ1v) is 33.5. The number of carbonyl (C=O) groups excluding carboxylic acids is 7. The molecule has 7 N–H and O–H groups in total. The first-order valence-electron chi connectivity index (χ1n) is 29.9. The standard InChI is InChI=1S/C67H79Cl2N5O15Si/c1-14-35(21-32(2)3)62(78)74-59-46(75)27-40(30-54(70)77)63(79)72-57-39-28-52(61(86-11)53(29-39)88-50-20-17-38(26-45(50)69)60(59)89-90(12,13)67(6,7)8)87-49-19-15-36(25-44(49)68)34(5)56-65(81)73-58(66(82)83)43-22-33(4)23-51(85-10)55(43)42-24-37(16-18-48(42)84-9)41(31-47(57)76)64(80)71-56/h15-20,22-26,28-29,32,34-35,40-41,56-60H,14,21,27,30-31H2,1-13H3,(H2,70,77)(H,71,80)(H,72,79)(H,73,81)(H,74,78)(H,82,83)/t34-,35+,40+,41-,56+,57-,58-,59+,60-/m1/s1. The molecule has 0 radical (unpaired) electrons. The molecule has 5 aromatic rings. The monoisotopic (exact) mass is 1290 g/mol. The molecule has 23 heteroatoms. The summed E-state index contributed by atoms with van der Waals surface area (Å²) in [7, 11) is 1.21. The van der Waals surface area contributed by atoms with E-state index in [4.69, 9.17) is 57.0 Å². The number of halogens is 2. The lowest BCUT2D eigenvalue weighted by molar-refractivity contribution is -0.142. The highest BCUT2D eigenvalue weighted by molar-refractivity contribution is 6.74. The molecular weight excluding hydrogens is 1210 g/mol. The van der Waals surface area contributed by atoms with Crippen LogP contribution in [-0.4, -0.2) is 93.9 Å². The third kappa shape index (κ3) is 14.6. The van der Waals surface area contributed by atoms with Crippen molar-refractivity contribution in [3.05, 3.63) is 122 Å². The number of aliphatic carboxylic acids is 1. The average Bonchev–Trinajstić information content (AvgIpc) is 0.807. The third-order valence-electron chi connectivity index (χ3n) is 17.5. The fourth-order valence-corrected chi connectivity index (χ4v) is 13.3. The maximum Gasteiger partial charge on any atom is 0.330 e. The van der Waals surface area contributed by atoms with Crippen LogP contribution in [0.2, 0.25) is 28.2 Å². The predicted molar refractivity (Wildman–Crippen MR) is 341 cm³/mol. The van der Waals surface area contributed by atoms with Gasteiger partial charge in [-0.05, 0) is 132 Å². The Hall–Kier alpha value is -7.98. The number of carbonyl (C=O) groups is 8. The van der Waals surface area contributed by atoms with Crippen molar-refractivity contribution in [3.63, 3.8) is 0 Å². The van der Waals surface area contributed by atoms with E-state index in [9.17, 15) is 19.5 Å². The molecule has 5 heterocycles. The van der Waals surface area contributed by atoms with Gasteiger partial charge in [0.1, 0.15) is 41.1 Å². The van der Waals surface area contributed by atoms with Crippen LogP contribution in [0.25, 0.3) is 11.1 Å². The fourth-order valence-electron chi connectivity index (χ4n) is 11.6. The molecule has 0 unspecified atom stereocenters. The number of methoxy groups -OCH3 is 3. The molecule has 5 amide bonds. The van der Waals surface area contributed by atoms with Crippen LogP contribution in [0.5, 0.6) is 40.2 Å². The van der Waals surface area contributed by atoms with E-state index in [0.717, 1.165) is 0 Å². The zero-order valence-corrected chi connectivity index (χ0v) is 55.3. The molecule has 0 aliphatic carbocycles. The van der Waals surface area contributed by atoms with Gasteiger partial charge in [-0.3, -0.25) is 33.6 Å². The molecule has 0 aromatic heterocycles. The number of nitrogens with one attached hydrogen (secondary N) is 4. The number of fused-ring (bicyclic) bond motifs is 15. The Kier molecular flexibility index (Phi) is 20.9. The highest BCUT2D eigenvalue weighted by Gasteiger charge is 2.46. The number of primary amides is 1. The van der Waals surface area contributed by atoms with E-state index in [2.05, 4.69) is 21.3 Å². The summed E-state index contributed by atoms with van der Waals surface area (Å²) >= 11 is 14.4. The van der Waals surface area contributed by atoms with Crippen molar-refractivity contribution >= 4 is 78.6 Å². The van der Waals surface area contributed by atoms with Gasteiger partial charge in [0.2, 0.25) is 35.3 Å². The van der Waals surface area contributed by atoms with Crippen LogP contribution in [0, 0.1) is 24.7 Å². The molecule has 10 rings (SSSR count). The SMILES string of the molecule is CC[C@@H](CC(C)C)C(=O)N[C@H]1C(=O)C[C@@H](CC(N)=O)C(=O)N[C@H]2C(=O)C[C@H]3C(=O)N[C@H](C(=O)N[C@@H](C(=O)O)c4cc(C)cc(OC)c4-c4cc3ccc4OC)[C@H](C)c3ccc(c(Cl)c3)Oc3cc2cc(c3OC)Oc2ccc(cc2Cl)[C@H]1O[Si](C)(C)C(C)(C)C. The van der Waals surface area contributed by atoms with Crippen molar-refractivity contribution in [3.8, 4) is 51.4 Å². The van der Waals surface area contributed by atoms with E-state index >= 15 is 24.0 Å². The van der Waals surface area contributed by atoms with Crippen molar-refractivity contribution in [2.75, 3.05) is 21.3 Å². The largest absolute Gasteiger partial charge is 0.496 e. The molecule has 5 aliphatic rings. The second-order valence-electron chi connectivity index (χ2n) is 25.3. The van der Waals surface area contributed by atoms with Gasteiger partial charge in [0.15, 0.2) is 37.4 Å². The summed E-state index contributed by atoms with van der Waals surface area (Å²) in [6.07, 6.45) is -2.47. The first kappa shape index (κ1) is 67.9. The zero-order chi connectivity index (χ0) is 66.0. The number of amides is 5. The van der Waals surface area contributed by atoms with Gasteiger partial charge >= 0.3 is 5.97 Å². The van der Waals surface area contributed by atoms with Crippen LogP contribution in [0.15, 0.2) is 78.9 Å². The fraction of sp³-hybridized carbons (Fsp3) is 0.433. The number of hydrogen-bond donors (Lipinski definition) is 6. The molecule has 0 spiro atoms. The van der Waals surface area contributed by atoms with Crippen LogP contribution < -0.4 is 50.7 Å². The maximum absolute atomic E-state index is 16.1. The molecular formula is C67H79Cl2N5O15Si. The van der Waals surface area contributed by atoms with Gasteiger partial charge in [-0.2, -0.15) is 0 Å². The first-order chi connectivity index (χ1) is 42.4. The second-order valence-corrected chi connectivity index (χ2v) is 30.9. The summed E-state index contributed by atoms with van der Waals surface area (Å²) in [4.78, 5) is 119. The van der Waals surface area contributed by atoms with Crippen molar-refractivity contribution in [1.29, 1.82) is 0 Å². The summed E-state index contributed by atoms with van der Waals surface area (Å²) in [5.74, 6) is -11.5. The van der Waals surface area contributed by atoms with Crippen LogP contribution in [-0.2, 0) is 42.8 Å². The number of rotatable bonds is 13. The van der Waals surface area contributed by atoms with Gasteiger partial charge in [0, 0.05) is 42.2 Å². The molecule has 90 heavy (non-hydrogen) atoms. The molecule has 5 aromatic carbocycles. The summed E-state index contributed by atoms with van der Waals surface area (Å²) in [5.41, 5.74) is 7.97. The summed E-state index contributed by atoms with van der Waals surface area (Å²) in [5, 5.41) is 21.9. The Morgan fingerprint density at radius 1 is 0.744 bits per heavy atom. The van der Waals surface area contributed by atoms with Gasteiger partial charge in [-0.25, -0.2) is 4.79 Å². The van der Waals surface area contributed by atoms with Crippen molar-refractivity contribution in [2.24, 2.45) is 23.5 Å². The van der Waals surface area contributed by atoms with Crippen LogP contribution >= 0.6 is 23.2 Å². The number of carboxylic acids is 1. The van der Waals surface area contributed by atoms with Crippen LogP contribution in [0.4, 0.5) is 0 Å². The lowest BCUT2D eigenvalue weighted by Crippen LogP contribution is -2.53. The minimum atomic E-state index is -2.92. The van der Waals surface area contributed by atoms with E-state index < -0.39 is 134 Å². The molecule has 0 saturated carbocycles. The van der Waals surface area contributed by atoms with E-state index in [0.29, 0.717) is 29.5 Å². The van der Waals surface area contributed by atoms with Gasteiger partial charge in [-0.15, -0.1) is 0 Å². The summed E-state index contributed by atoms with van der Waals surface area (Å²) in [6.45, 7) is 19.2. The maximum atomic E-state index is 16.1. The summed E-state index contributed by atoms with van der Waals surface area (Å²) < 4.78 is 38.3. The number of ether oxygens (including phenoxy) is 5. The molecule has 0 saturated heterocycles. The number of ketones is 2. The lowest BCUT2D eigenvalue weighted by atomic mass is 9.84. The minimum absolute atomic E-state index is 0.00751. The molecule has 20 nitrogen and oxygen atoms in total. The van der Waals surface area contributed by atoms with Gasteiger partial charge in [0.25, 0.3) is 0 Å². The summed E-state index contributed by atoms with van der Waals surface area (Å²) in [6, 6.07) is 13.6. The highest BCUT2D eigenvalue weighted by Crippen LogP contribution is 2.50. The smallest absolute Gasteiger partial charge is 0.330 e. The van der Waals surface area contributed by atoms with Crippen molar-refractivity contribution in [2.45, 2.75) is 148 Å². The Bertz CT molecular complexity index is 3660. The van der Waals surface area contributed by atoms with Gasteiger partial charge in [-0.1, -0.05) is 95.9 Å². The average molecular weight is 1290 g/mol. The van der Waals surface area contributed by atoms with E-state index in [-0.39, 0.29) is 84.0 Å². The van der Waals surface area contributed by atoms with E-state index in [1.807, 2.05) is 54.6 Å². The molecule has 9 atom stereocenters. The number of benzene rings is 5. The van der Waals surface area contributed by atoms with E-state index in [1.54, 1.807) is 68.4 Å². The second kappa shape index (κ2) is 27.6. The number of nitrogens with two attached hydrogens (primary N) is 1. The normalized spacial score (nSPS) is 21.8.